The maximum Gasteiger partial charge on any atom is 0.284 e. The van der Waals surface area contributed by atoms with Gasteiger partial charge in [0.15, 0.2) is 0 Å². The van der Waals surface area contributed by atoms with E-state index in [2.05, 4.69) is 35.6 Å². The fourth-order valence-electron chi connectivity index (χ4n) is 2.94. The highest BCUT2D eigenvalue weighted by Crippen LogP contribution is 2.12. The van der Waals surface area contributed by atoms with Crippen LogP contribution >= 0.6 is 0 Å². The number of amides is 1. The summed E-state index contributed by atoms with van der Waals surface area (Å²) in [6, 6.07) is 10.8. The highest BCUT2D eigenvalue weighted by Gasteiger charge is 1.97. The molecule has 134 valence electrons. The normalized spacial score (nSPS) is 10.5. The Morgan fingerprint density at radius 1 is 0.750 bits per heavy atom. The van der Waals surface area contributed by atoms with Crippen molar-refractivity contribution in [1.29, 1.82) is 0 Å². The summed E-state index contributed by atoms with van der Waals surface area (Å²) in [5.74, 6) is -0.501. The van der Waals surface area contributed by atoms with E-state index in [0.29, 0.717) is 12.8 Å². The minimum absolute atomic E-state index is 0.335. The molecule has 1 amide bonds. The van der Waals surface area contributed by atoms with Gasteiger partial charge in [-0.1, -0.05) is 88.1 Å². The van der Waals surface area contributed by atoms with Crippen molar-refractivity contribution in [1.82, 2.24) is 5.32 Å². The number of carbonyl (C=O) groups excluding carboxylic acids is 2. The predicted molar refractivity (Wildman–Crippen MR) is 100 cm³/mol. The number of unbranched alkanes of at least 4 members (excludes halogenated alkanes) is 10. The summed E-state index contributed by atoms with van der Waals surface area (Å²) in [6.45, 7) is 0.626. The van der Waals surface area contributed by atoms with Crippen molar-refractivity contribution < 1.29 is 9.59 Å². The van der Waals surface area contributed by atoms with Gasteiger partial charge in [0.2, 0.25) is 6.29 Å². The van der Waals surface area contributed by atoms with Crippen molar-refractivity contribution in [2.75, 3.05) is 6.54 Å². The summed E-state index contributed by atoms with van der Waals surface area (Å²) in [5, 5.41) is 2.57. The van der Waals surface area contributed by atoms with Gasteiger partial charge in [0.05, 0.1) is 0 Å². The van der Waals surface area contributed by atoms with Gasteiger partial charge in [-0.05, 0) is 24.8 Å². The van der Waals surface area contributed by atoms with E-state index in [1.54, 1.807) is 0 Å². The van der Waals surface area contributed by atoms with Crippen LogP contribution in [-0.2, 0) is 16.0 Å². The number of aldehydes is 1. The lowest BCUT2D eigenvalue weighted by molar-refractivity contribution is -0.131. The number of nitrogens with one attached hydrogen (secondary N) is 1. The Morgan fingerprint density at radius 3 is 1.79 bits per heavy atom. The van der Waals surface area contributed by atoms with Crippen molar-refractivity contribution in [3.63, 3.8) is 0 Å². The van der Waals surface area contributed by atoms with Gasteiger partial charge in [0.1, 0.15) is 0 Å². The van der Waals surface area contributed by atoms with Gasteiger partial charge in [-0.15, -0.1) is 0 Å². The van der Waals surface area contributed by atoms with E-state index in [1.807, 2.05) is 0 Å². The predicted octanol–water partition coefficient (Wildman–Crippen LogP) is 4.84. The van der Waals surface area contributed by atoms with Gasteiger partial charge >= 0.3 is 0 Å². The Bertz CT molecular complexity index is 431. The molecule has 1 N–H and O–H groups in total. The van der Waals surface area contributed by atoms with Crippen LogP contribution in [0.15, 0.2) is 30.3 Å². The molecule has 0 heterocycles. The summed E-state index contributed by atoms with van der Waals surface area (Å²) in [5.41, 5.74) is 1.46. The molecule has 0 fully saturated rings. The summed E-state index contributed by atoms with van der Waals surface area (Å²) >= 11 is 0. The van der Waals surface area contributed by atoms with E-state index in [4.69, 9.17) is 0 Å². The molecule has 0 atom stereocenters. The minimum Gasteiger partial charge on any atom is -0.350 e. The minimum atomic E-state index is -0.501. The molecule has 1 aromatic rings. The van der Waals surface area contributed by atoms with E-state index in [1.165, 1.54) is 69.8 Å². The zero-order valence-electron chi connectivity index (χ0n) is 15.0. The van der Waals surface area contributed by atoms with Gasteiger partial charge in [0.25, 0.3) is 5.91 Å². The standard InChI is InChI=1S/C21H33NO2/c23-19-21(24)22-18-14-9-7-5-3-1-2-4-6-8-11-15-20-16-12-10-13-17-20/h10,12-13,16-17,19H,1-9,11,14-15,18H2,(H,22,24). The third-order valence-electron chi connectivity index (χ3n) is 4.39. The molecule has 0 saturated carbocycles. The van der Waals surface area contributed by atoms with Crippen LogP contribution in [0.25, 0.3) is 0 Å². The molecular weight excluding hydrogens is 298 g/mol. The molecule has 3 nitrogen and oxygen atoms in total. The van der Waals surface area contributed by atoms with Crippen LogP contribution in [0.1, 0.15) is 76.2 Å². The third-order valence-corrected chi connectivity index (χ3v) is 4.39. The monoisotopic (exact) mass is 331 g/mol. The van der Waals surface area contributed by atoms with Crippen LogP contribution < -0.4 is 5.32 Å². The van der Waals surface area contributed by atoms with E-state index in [-0.39, 0.29) is 0 Å². The molecule has 0 radical (unpaired) electrons. The number of benzene rings is 1. The second-order valence-corrected chi connectivity index (χ2v) is 6.53. The van der Waals surface area contributed by atoms with Crippen LogP contribution in [0.2, 0.25) is 0 Å². The first-order chi connectivity index (χ1) is 11.8. The average molecular weight is 331 g/mol. The summed E-state index contributed by atoms with van der Waals surface area (Å²) in [4.78, 5) is 20.8. The molecule has 0 aromatic heterocycles. The Morgan fingerprint density at radius 2 is 1.25 bits per heavy atom. The molecule has 1 aromatic carbocycles. The van der Waals surface area contributed by atoms with Crippen molar-refractivity contribution in [2.24, 2.45) is 0 Å². The van der Waals surface area contributed by atoms with Crippen LogP contribution in [0.5, 0.6) is 0 Å². The molecule has 0 spiro atoms. The van der Waals surface area contributed by atoms with Gasteiger partial charge in [-0.25, -0.2) is 0 Å². The van der Waals surface area contributed by atoms with Gasteiger partial charge in [-0.3, -0.25) is 9.59 Å². The third kappa shape index (κ3) is 11.9. The van der Waals surface area contributed by atoms with Crippen LogP contribution in [0.4, 0.5) is 0 Å². The van der Waals surface area contributed by atoms with Crippen molar-refractivity contribution in [3.05, 3.63) is 35.9 Å². The fraction of sp³-hybridized carbons (Fsp3) is 0.619. The van der Waals surface area contributed by atoms with E-state index >= 15 is 0 Å². The summed E-state index contributed by atoms with van der Waals surface area (Å²) in [7, 11) is 0. The number of hydrogen-bond donors (Lipinski definition) is 1. The van der Waals surface area contributed by atoms with Crippen molar-refractivity contribution in [3.8, 4) is 0 Å². The summed E-state index contributed by atoms with van der Waals surface area (Å²) < 4.78 is 0. The zero-order chi connectivity index (χ0) is 17.3. The largest absolute Gasteiger partial charge is 0.350 e. The number of rotatable bonds is 15. The SMILES string of the molecule is O=CC(=O)NCCCCCCCCCCCCCc1ccccc1. The average Bonchev–Trinajstić information content (AvgIpc) is 2.62. The zero-order valence-corrected chi connectivity index (χ0v) is 15.0. The number of hydrogen-bond acceptors (Lipinski definition) is 2. The maximum absolute atomic E-state index is 10.7. The van der Waals surface area contributed by atoms with E-state index < -0.39 is 5.91 Å². The van der Waals surface area contributed by atoms with E-state index in [9.17, 15) is 9.59 Å². The van der Waals surface area contributed by atoms with Crippen LogP contribution in [0, 0.1) is 0 Å². The molecular formula is C21H33NO2. The Balaban J connectivity index is 1.75. The van der Waals surface area contributed by atoms with Crippen LogP contribution in [-0.4, -0.2) is 18.7 Å². The number of carbonyl (C=O) groups is 2. The Labute approximate surface area is 147 Å². The second-order valence-electron chi connectivity index (χ2n) is 6.53. The van der Waals surface area contributed by atoms with Gasteiger partial charge in [0, 0.05) is 6.54 Å². The highest BCUT2D eigenvalue weighted by molar-refractivity contribution is 6.23. The number of aryl methyl sites for hydroxylation is 1. The Kier molecular flexibility index (Phi) is 12.7. The Hall–Kier alpha value is -1.64. The van der Waals surface area contributed by atoms with Gasteiger partial charge < -0.3 is 5.32 Å². The first-order valence-electron chi connectivity index (χ1n) is 9.60. The van der Waals surface area contributed by atoms with Crippen molar-refractivity contribution in [2.45, 2.75) is 77.0 Å². The highest BCUT2D eigenvalue weighted by atomic mass is 16.2. The summed E-state index contributed by atoms with van der Waals surface area (Å²) in [6.07, 6.45) is 15.6. The second kappa shape index (κ2) is 14.9. The molecule has 0 aliphatic heterocycles. The topological polar surface area (TPSA) is 46.2 Å². The lowest BCUT2D eigenvalue weighted by Gasteiger charge is -2.04. The molecule has 0 aliphatic carbocycles. The molecule has 0 unspecified atom stereocenters. The van der Waals surface area contributed by atoms with E-state index in [0.717, 1.165) is 12.8 Å². The van der Waals surface area contributed by atoms with Crippen LogP contribution in [0.3, 0.4) is 0 Å². The molecule has 1 rings (SSSR count). The lowest BCUT2D eigenvalue weighted by atomic mass is 10.0. The molecule has 0 aliphatic rings. The maximum atomic E-state index is 10.7. The first kappa shape index (κ1) is 20.4. The molecule has 24 heavy (non-hydrogen) atoms. The quantitative estimate of drug-likeness (QED) is 0.284. The van der Waals surface area contributed by atoms with Crippen molar-refractivity contribution >= 4 is 12.2 Å². The molecule has 0 saturated heterocycles. The fourth-order valence-corrected chi connectivity index (χ4v) is 2.94. The lowest BCUT2D eigenvalue weighted by Crippen LogP contribution is -2.24. The smallest absolute Gasteiger partial charge is 0.284 e. The molecule has 3 heteroatoms. The van der Waals surface area contributed by atoms with Gasteiger partial charge in [-0.2, -0.15) is 0 Å². The molecule has 0 bridgehead atoms. The first-order valence-corrected chi connectivity index (χ1v) is 9.60.